The molecular weight excluding hydrogens is 328 g/mol. The van der Waals surface area contributed by atoms with E-state index in [4.69, 9.17) is 13.9 Å². The van der Waals surface area contributed by atoms with Gasteiger partial charge in [-0.3, -0.25) is 14.9 Å². The summed E-state index contributed by atoms with van der Waals surface area (Å²) in [5.74, 6) is 0.917. The van der Waals surface area contributed by atoms with Crippen LogP contribution in [0.1, 0.15) is 11.3 Å². The van der Waals surface area contributed by atoms with Crippen molar-refractivity contribution in [2.75, 3.05) is 20.8 Å². The van der Waals surface area contributed by atoms with E-state index in [0.717, 1.165) is 0 Å². The summed E-state index contributed by atoms with van der Waals surface area (Å²) >= 11 is 0. The lowest BCUT2D eigenvalue weighted by molar-refractivity contribution is -0.385. The molecule has 8 heteroatoms. The summed E-state index contributed by atoms with van der Waals surface area (Å²) in [7, 11) is 2.86. The molecule has 0 aliphatic heterocycles. The lowest BCUT2D eigenvalue weighted by Crippen LogP contribution is -2.23. The van der Waals surface area contributed by atoms with Crippen molar-refractivity contribution in [3.63, 3.8) is 0 Å². The van der Waals surface area contributed by atoms with Crippen molar-refractivity contribution >= 4 is 17.7 Å². The molecule has 0 saturated heterocycles. The molecule has 8 nitrogen and oxygen atoms in total. The Morgan fingerprint density at radius 1 is 1.32 bits per heavy atom. The van der Waals surface area contributed by atoms with E-state index >= 15 is 0 Å². The number of carbonyl (C=O) groups excluding carboxylic acids is 1. The maximum absolute atomic E-state index is 11.8. The van der Waals surface area contributed by atoms with Gasteiger partial charge < -0.3 is 19.2 Å². The second kappa shape index (κ2) is 8.53. The molecule has 0 spiro atoms. The molecular formula is C17H18N2O6. The van der Waals surface area contributed by atoms with E-state index in [1.54, 1.807) is 18.2 Å². The van der Waals surface area contributed by atoms with Crippen LogP contribution in [0.25, 0.3) is 6.08 Å². The quantitative estimate of drug-likeness (QED) is 0.447. The van der Waals surface area contributed by atoms with Crippen LogP contribution < -0.4 is 14.8 Å². The molecule has 1 N–H and O–H groups in total. The smallest absolute Gasteiger partial charge is 0.276 e. The number of furan rings is 1. The molecule has 1 aromatic heterocycles. The first-order chi connectivity index (χ1) is 12.0. The summed E-state index contributed by atoms with van der Waals surface area (Å²) in [4.78, 5) is 22.5. The molecule has 1 amide bonds. The number of ether oxygens (including phenoxy) is 2. The largest absolute Gasteiger partial charge is 0.493 e. The van der Waals surface area contributed by atoms with Gasteiger partial charge in [0, 0.05) is 18.2 Å². The lowest BCUT2D eigenvalue weighted by atomic mass is 10.1. The van der Waals surface area contributed by atoms with Crippen LogP contribution in [0.4, 0.5) is 5.69 Å². The Labute approximate surface area is 144 Å². The highest BCUT2D eigenvalue weighted by atomic mass is 16.6. The van der Waals surface area contributed by atoms with E-state index in [2.05, 4.69) is 5.32 Å². The summed E-state index contributed by atoms with van der Waals surface area (Å²) in [6.07, 6.45) is 4.65. The number of nitro benzene ring substituents is 1. The molecule has 0 radical (unpaired) electrons. The van der Waals surface area contributed by atoms with Crippen LogP contribution in [0.15, 0.2) is 41.0 Å². The van der Waals surface area contributed by atoms with Gasteiger partial charge in [0.15, 0.2) is 11.5 Å². The van der Waals surface area contributed by atoms with Crippen molar-refractivity contribution in [3.8, 4) is 11.5 Å². The van der Waals surface area contributed by atoms with E-state index in [1.165, 1.54) is 38.7 Å². The van der Waals surface area contributed by atoms with Gasteiger partial charge >= 0.3 is 0 Å². The Morgan fingerprint density at radius 3 is 2.64 bits per heavy atom. The van der Waals surface area contributed by atoms with E-state index in [0.29, 0.717) is 17.1 Å². The number of rotatable bonds is 8. The van der Waals surface area contributed by atoms with Crippen molar-refractivity contribution in [2.24, 2.45) is 0 Å². The van der Waals surface area contributed by atoms with E-state index in [9.17, 15) is 14.9 Å². The monoisotopic (exact) mass is 346 g/mol. The zero-order valence-electron chi connectivity index (χ0n) is 13.9. The third-order valence-corrected chi connectivity index (χ3v) is 3.42. The topological polar surface area (TPSA) is 104 Å². The zero-order valence-corrected chi connectivity index (χ0v) is 13.9. The molecule has 1 heterocycles. The number of nitrogens with zero attached hydrogens (tertiary/aromatic N) is 1. The number of amides is 1. The molecule has 0 aliphatic rings. The third kappa shape index (κ3) is 4.84. The molecule has 0 atom stereocenters. The number of carbonyl (C=O) groups is 1. The molecule has 132 valence electrons. The fraction of sp³-hybridized carbons (Fsp3) is 0.235. The van der Waals surface area contributed by atoms with Crippen LogP contribution in [-0.4, -0.2) is 31.6 Å². The van der Waals surface area contributed by atoms with Gasteiger partial charge in [0.05, 0.1) is 31.5 Å². The summed E-state index contributed by atoms with van der Waals surface area (Å²) in [5, 5.41) is 13.9. The van der Waals surface area contributed by atoms with Crippen molar-refractivity contribution in [3.05, 3.63) is 58.0 Å². The highest BCUT2D eigenvalue weighted by Gasteiger charge is 2.19. The molecule has 0 unspecified atom stereocenters. The van der Waals surface area contributed by atoms with Crippen LogP contribution in [-0.2, 0) is 11.2 Å². The highest BCUT2D eigenvalue weighted by Crippen LogP contribution is 2.34. The van der Waals surface area contributed by atoms with Crippen LogP contribution >= 0.6 is 0 Å². The lowest BCUT2D eigenvalue weighted by Gasteiger charge is -2.10. The second-order valence-electron chi connectivity index (χ2n) is 4.98. The van der Waals surface area contributed by atoms with E-state index in [-0.39, 0.29) is 30.3 Å². The van der Waals surface area contributed by atoms with Gasteiger partial charge in [0.25, 0.3) is 5.69 Å². The van der Waals surface area contributed by atoms with Crippen molar-refractivity contribution in [1.29, 1.82) is 0 Å². The minimum Gasteiger partial charge on any atom is -0.493 e. The number of nitrogens with one attached hydrogen (secondary N) is 1. The van der Waals surface area contributed by atoms with Crippen LogP contribution in [0, 0.1) is 10.1 Å². The molecule has 0 aliphatic carbocycles. The van der Waals surface area contributed by atoms with Gasteiger partial charge in [-0.05, 0) is 30.7 Å². The van der Waals surface area contributed by atoms with Crippen molar-refractivity contribution < 1.29 is 23.6 Å². The number of hydrogen-bond donors (Lipinski definition) is 1. The molecule has 2 rings (SSSR count). The summed E-state index contributed by atoms with van der Waals surface area (Å²) < 4.78 is 15.3. The average molecular weight is 346 g/mol. The van der Waals surface area contributed by atoms with Gasteiger partial charge in [-0.15, -0.1) is 0 Å². The number of hydrogen-bond acceptors (Lipinski definition) is 6. The maximum Gasteiger partial charge on any atom is 0.276 e. The molecule has 0 bridgehead atoms. The first-order valence-corrected chi connectivity index (χ1v) is 7.44. The Hall–Kier alpha value is -3.29. The first-order valence-electron chi connectivity index (χ1n) is 7.44. The Morgan fingerprint density at radius 2 is 2.04 bits per heavy atom. The van der Waals surface area contributed by atoms with E-state index in [1.807, 2.05) is 0 Å². The molecule has 1 aromatic carbocycles. The fourth-order valence-electron chi connectivity index (χ4n) is 2.20. The molecule has 0 fully saturated rings. The second-order valence-corrected chi connectivity index (χ2v) is 4.98. The average Bonchev–Trinajstić information content (AvgIpc) is 3.12. The summed E-state index contributed by atoms with van der Waals surface area (Å²) in [6, 6.07) is 6.29. The van der Waals surface area contributed by atoms with Crippen LogP contribution in [0.3, 0.4) is 0 Å². The number of nitro groups is 1. The third-order valence-electron chi connectivity index (χ3n) is 3.42. The molecule has 2 aromatic rings. The van der Waals surface area contributed by atoms with E-state index < -0.39 is 4.92 Å². The minimum atomic E-state index is -0.490. The summed E-state index contributed by atoms with van der Waals surface area (Å²) in [6.45, 7) is 0.234. The zero-order chi connectivity index (χ0) is 18.2. The van der Waals surface area contributed by atoms with Gasteiger partial charge in [-0.2, -0.15) is 0 Å². The van der Waals surface area contributed by atoms with Gasteiger partial charge in [0.2, 0.25) is 5.91 Å². The predicted molar refractivity (Wildman–Crippen MR) is 90.7 cm³/mol. The van der Waals surface area contributed by atoms with Gasteiger partial charge in [-0.1, -0.05) is 0 Å². The van der Waals surface area contributed by atoms with Crippen LogP contribution in [0.5, 0.6) is 11.5 Å². The Bertz CT molecular complexity index is 768. The predicted octanol–water partition coefficient (Wildman–Crippen LogP) is 2.58. The fourth-order valence-corrected chi connectivity index (χ4v) is 2.20. The molecule has 0 saturated carbocycles. The molecule has 25 heavy (non-hydrogen) atoms. The maximum atomic E-state index is 11.8. The van der Waals surface area contributed by atoms with Gasteiger partial charge in [-0.25, -0.2) is 0 Å². The first kappa shape index (κ1) is 18.1. The van der Waals surface area contributed by atoms with Crippen LogP contribution in [0.2, 0.25) is 0 Å². The summed E-state index contributed by atoms with van der Waals surface area (Å²) in [5.41, 5.74) is 0.357. The number of methoxy groups -OCH3 is 2. The minimum absolute atomic E-state index is 0.0852. The number of benzene rings is 1. The Kier molecular flexibility index (Phi) is 6.16. The van der Waals surface area contributed by atoms with Crippen molar-refractivity contribution in [2.45, 2.75) is 6.42 Å². The standard InChI is InChI=1S/C17H18N2O6/c1-23-15-10-12(14(19(21)22)11-16(15)24-2)7-8-18-17(20)6-5-13-4-3-9-25-13/h3-6,9-11H,7-8H2,1-2H3,(H,18,20)/b6-5+. The highest BCUT2D eigenvalue weighted by molar-refractivity contribution is 5.91. The Balaban J connectivity index is 2.01. The van der Waals surface area contributed by atoms with Gasteiger partial charge in [0.1, 0.15) is 5.76 Å². The normalized spacial score (nSPS) is 10.6. The SMILES string of the molecule is COc1cc(CCNC(=O)/C=C/c2ccco2)c([N+](=O)[O-])cc1OC. The van der Waals surface area contributed by atoms with Crippen molar-refractivity contribution in [1.82, 2.24) is 5.32 Å².